The first kappa shape index (κ1) is 11.6. The molecule has 1 aromatic carbocycles. The van der Waals surface area contributed by atoms with Gasteiger partial charge in [-0.05, 0) is 11.6 Å². The van der Waals surface area contributed by atoms with Gasteiger partial charge < -0.3 is 4.74 Å². The van der Waals surface area contributed by atoms with E-state index in [0.29, 0.717) is 0 Å². The molecule has 1 aliphatic rings. The molecule has 14 heavy (non-hydrogen) atoms. The second-order valence-electron chi connectivity index (χ2n) is 2.58. The Morgan fingerprint density at radius 2 is 1.79 bits per heavy atom. The maximum Gasteiger partial charge on any atom is 0.317 e. The van der Waals surface area contributed by atoms with Crippen LogP contribution in [-0.4, -0.2) is 15.0 Å². The van der Waals surface area contributed by atoms with E-state index in [4.69, 9.17) is 13.2 Å². The van der Waals surface area contributed by atoms with Crippen molar-refractivity contribution in [3.05, 3.63) is 29.8 Å². The Bertz CT molecular complexity index is 372. The summed E-state index contributed by atoms with van der Waals surface area (Å²) in [5, 5.41) is 0. The predicted molar refractivity (Wildman–Crippen MR) is 56.3 cm³/mol. The van der Waals surface area contributed by atoms with Gasteiger partial charge in [0.15, 0.2) is 0 Å². The zero-order valence-corrected chi connectivity index (χ0v) is 9.44. The molecule has 0 aromatic heterocycles. The number of halogens is 2. The first-order chi connectivity index (χ1) is 6.47. The van der Waals surface area contributed by atoms with Gasteiger partial charge in [0.25, 0.3) is 0 Å². The van der Waals surface area contributed by atoms with Crippen LogP contribution in [0, 0.1) is 0 Å². The lowest BCUT2D eigenvalue weighted by molar-refractivity contribution is 0.357. The van der Waals surface area contributed by atoms with Gasteiger partial charge in [0.05, 0.1) is 6.61 Å². The molecule has 78 valence electrons. The highest BCUT2D eigenvalue weighted by molar-refractivity contribution is 8.31. The molecule has 0 unspecified atom stereocenters. The summed E-state index contributed by atoms with van der Waals surface area (Å²) < 4.78 is 23.6. The lowest BCUT2D eigenvalue weighted by Gasteiger charge is -1.93. The molecule has 0 bridgehead atoms. The van der Waals surface area contributed by atoms with Gasteiger partial charge >= 0.3 is 8.26 Å². The van der Waals surface area contributed by atoms with Crippen LogP contribution in [0.15, 0.2) is 24.3 Å². The molecule has 0 aliphatic carbocycles. The molecule has 6 heteroatoms. The summed E-state index contributed by atoms with van der Waals surface area (Å²) in [4.78, 5) is 0. The van der Waals surface area contributed by atoms with Crippen LogP contribution in [0.4, 0.5) is 0 Å². The van der Waals surface area contributed by atoms with Gasteiger partial charge in [-0.15, -0.1) is 0 Å². The maximum absolute atomic E-state index is 9.16. The van der Waals surface area contributed by atoms with Gasteiger partial charge in [-0.2, -0.15) is 8.42 Å². The zero-order chi connectivity index (χ0) is 10.6. The summed E-state index contributed by atoms with van der Waals surface area (Å²) >= 11 is 0. The predicted octanol–water partition coefficient (Wildman–Crippen LogP) is 2.33. The molecule has 3 nitrogen and oxygen atoms in total. The molecule has 0 radical (unpaired) electrons. The van der Waals surface area contributed by atoms with Gasteiger partial charge in [-0.25, -0.2) is 0 Å². The third kappa shape index (κ3) is 4.69. The average molecular weight is 255 g/mol. The van der Waals surface area contributed by atoms with E-state index in [1.54, 1.807) is 0 Å². The van der Waals surface area contributed by atoms with Crippen LogP contribution in [0.5, 0.6) is 5.75 Å². The lowest BCUT2D eigenvalue weighted by Crippen LogP contribution is -1.85. The van der Waals surface area contributed by atoms with Crippen molar-refractivity contribution in [2.24, 2.45) is 0 Å². The minimum Gasteiger partial charge on any atom is -0.493 e. The van der Waals surface area contributed by atoms with Crippen molar-refractivity contribution in [1.29, 1.82) is 0 Å². The monoisotopic (exact) mass is 254 g/mol. The Labute approximate surface area is 91.5 Å². The number of ether oxygens (including phenoxy) is 1. The fourth-order valence-electron chi connectivity index (χ4n) is 1.12. The highest BCUT2D eigenvalue weighted by Gasteiger charge is 2.08. The first-order valence-corrected chi connectivity index (χ1v) is 6.95. The second kappa shape index (κ2) is 4.87. The highest BCUT2D eigenvalue weighted by atomic mass is 36.0. The smallest absolute Gasteiger partial charge is 0.317 e. The maximum atomic E-state index is 9.16. The number of rotatable bonds is 0. The van der Waals surface area contributed by atoms with Crippen LogP contribution >= 0.6 is 21.4 Å². The van der Waals surface area contributed by atoms with E-state index >= 15 is 0 Å². The van der Waals surface area contributed by atoms with Crippen LogP contribution in [-0.2, 0) is 14.7 Å². The van der Waals surface area contributed by atoms with E-state index in [0.717, 1.165) is 18.8 Å². The molecule has 0 amide bonds. The molecular weight excluding hydrogens is 247 g/mol. The molecule has 0 spiro atoms. The Morgan fingerprint density at radius 1 is 1.21 bits per heavy atom. The van der Waals surface area contributed by atoms with E-state index in [1.165, 1.54) is 5.56 Å². The Balaban J connectivity index is 0.000000171. The van der Waals surface area contributed by atoms with Gasteiger partial charge in [-0.1, -0.05) is 18.2 Å². The zero-order valence-electron chi connectivity index (χ0n) is 7.11. The van der Waals surface area contributed by atoms with Crippen LogP contribution in [0.2, 0.25) is 0 Å². The Morgan fingerprint density at radius 3 is 2.36 bits per heavy atom. The molecule has 0 atom stereocenters. The van der Waals surface area contributed by atoms with Crippen molar-refractivity contribution in [3.63, 3.8) is 0 Å². The van der Waals surface area contributed by atoms with Gasteiger partial charge in [-0.3, -0.25) is 0 Å². The summed E-state index contributed by atoms with van der Waals surface area (Å²) in [5.74, 6) is 1.07. The standard InChI is InChI=1S/C8H8O.Cl2O2S/c1-2-4-8-7(3-1)5-6-9-8;1-5(2,3)4/h1-4H,5-6H2;. The second-order valence-corrected chi connectivity index (χ2v) is 6.25. The first-order valence-electron chi connectivity index (χ1n) is 3.82. The molecule has 0 saturated heterocycles. The van der Waals surface area contributed by atoms with E-state index in [1.807, 2.05) is 18.2 Å². The third-order valence-electron chi connectivity index (χ3n) is 1.60. The summed E-state index contributed by atoms with van der Waals surface area (Å²) in [5.41, 5.74) is 1.34. The third-order valence-corrected chi connectivity index (χ3v) is 1.60. The quantitative estimate of drug-likeness (QED) is 0.668. The van der Waals surface area contributed by atoms with Crippen LogP contribution in [0.1, 0.15) is 5.56 Å². The number of hydrogen-bond acceptors (Lipinski definition) is 3. The molecule has 0 fully saturated rings. The summed E-state index contributed by atoms with van der Waals surface area (Å²) in [6.07, 6.45) is 1.08. The lowest BCUT2D eigenvalue weighted by atomic mass is 10.2. The SMILES string of the molecule is O=S(=O)(Cl)Cl.c1ccc2c(c1)CCO2. The minimum atomic E-state index is -3.72. The number of para-hydroxylation sites is 1. The Hall–Kier alpha value is -0.450. The van der Waals surface area contributed by atoms with Gasteiger partial charge in [0.2, 0.25) is 0 Å². The fraction of sp³-hybridized carbons (Fsp3) is 0.250. The summed E-state index contributed by atoms with van der Waals surface area (Å²) in [7, 11) is 4.81. The van der Waals surface area contributed by atoms with Gasteiger partial charge in [0, 0.05) is 27.8 Å². The normalized spacial score (nSPS) is 13.6. The van der Waals surface area contributed by atoms with Crippen molar-refractivity contribution in [2.45, 2.75) is 6.42 Å². The number of fused-ring (bicyclic) bond motifs is 1. The largest absolute Gasteiger partial charge is 0.493 e. The van der Waals surface area contributed by atoms with Crippen LogP contribution in [0.25, 0.3) is 0 Å². The fourth-order valence-corrected chi connectivity index (χ4v) is 1.12. The van der Waals surface area contributed by atoms with Gasteiger partial charge in [0.1, 0.15) is 5.75 Å². The summed E-state index contributed by atoms with van der Waals surface area (Å²) in [6, 6.07) is 8.18. The number of hydrogen-bond donors (Lipinski definition) is 0. The van der Waals surface area contributed by atoms with Crippen molar-refractivity contribution < 1.29 is 13.2 Å². The van der Waals surface area contributed by atoms with Crippen molar-refractivity contribution in [2.75, 3.05) is 6.61 Å². The molecule has 1 heterocycles. The topological polar surface area (TPSA) is 43.4 Å². The Kier molecular flexibility index (Phi) is 4.04. The van der Waals surface area contributed by atoms with E-state index in [2.05, 4.69) is 27.4 Å². The molecule has 0 N–H and O–H groups in total. The van der Waals surface area contributed by atoms with Crippen molar-refractivity contribution >= 4 is 29.6 Å². The van der Waals surface area contributed by atoms with E-state index in [-0.39, 0.29) is 0 Å². The molecular formula is C8H8Cl2O3S. The summed E-state index contributed by atoms with van der Waals surface area (Å²) in [6.45, 7) is 0.860. The molecule has 2 rings (SSSR count). The minimum absolute atomic E-state index is 0.860. The molecule has 0 saturated carbocycles. The molecule has 1 aromatic rings. The number of benzene rings is 1. The van der Waals surface area contributed by atoms with Crippen LogP contribution in [0.3, 0.4) is 0 Å². The highest BCUT2D eigenvalue weighted by Crippen LogP contribution is 2.23. The average Bonchev–Trinajstić information content (AvgIpc) is 2.47. The van der Waals surface area contributed by atoms with E-state index < -0.39 is 8.26 Å². The van der Waals surface area contributed by atoms with Crippen molar-refractivity contribution in [3.8, 4) is 5.75 Å². The molecule has 1 aliphatic heterocycles. The van der Waals surface area contributed by atoms with E-state index in [9.17, 15) is 0 Å². The van der Waals surface area contributed by atoms with Crippen LogP contribution < -0.4 is 4.74 Å². The van der Waals surface area contributed by atoms with Crippen molar-refractivity contribution in [1.82, 2.24) is 0 Å².